The highest BCUT2D eigenvalue weighted by atomic mass is 32.2. The molecule has 7 heteroatoms. The largest absolute Gasteiger partial charge is 0.464 e. The van der Waals surface area contributed by atoms with Crippen molar-refractivity contribution in [1.82, 2.24) is 9.29 Å². The summed E-state index contributed by atoms with van der Waals surface area (Å²) >= 11 is 0. The summed E-state index contributed by atoms with van der Waals surface area (Å²) in [5.74, 6) is -0.576. The number of carbonyl (C=O) groups is 1. The summed E-state index contributed by atoms with van der Waals surface area (Å²) in [5, 5.41) is 0. The van der Waals surface area contributed by atoms with E-state index >= 15 is 0 Å². The van der Waals surface area contributed by atoms with Crippen molar-refractivity contribution < 1.29 is 17.9 Å². The van der Waals surface area contributed by atoms with E-state index in [0.29, 0.717) is 6.54 Å². The summed E-state index contributed by atoms with van der Waals surface area (Å²) in [5.41, 5.74) is 0.144. The van der Waals surface area contributed by atoms with Crippen LogP contribution in [0.25, 0.3) is 0 Å². The molecule has 0 amide bonds. The molecule has 1 aliphatic rings. The van der Waals surface area contributed by atoms with Gasteiger partial charge in [0.25, 0.3) is 0 Å². The normalized spacial score (nSPS) is 21.3. The highest BCUT2D eigenvalue weighted by Crippen LogP contribution is 2.25. The Labute approximate surface area is 112 Å². The van der Waals surface area contributed by atoms with E-state index in [-0.39, 0.29) is 16.6 Å². The summed E-state index contributed by atoms with van der Waals surface area (Å²) in [4.78, 5) is 14.1. The minimum Gasteiger partial charge on any atom is -0.464 e. The van der Waals surface area contributed by atoms with Gasteiger partial charge in [-0.1, -0.05) is 6.42 Å². The highest BCUT2D eigenvalue weighted by molar-refractivity contribution is 7.89. The van der Waals surface area contributed by atoms with Gasteiger partial charge in [-0.05, 0) is 25.8 Å². The average Bonchev–Trinajstić information content (AvgIpc) is 2.88. The fourth-order valence-electron chi connectivity index (χ4n) is 2.32. The Kier molecular flexibility index (Phi) is 3.96. The SMILES string of the molecule is COC(=O)c1cc(S(=O)(=O)N2CCCCC2C)c[nH]1. The van der Waals surface area contributed by atoms with Gasteiger partial charge in [-0.2, -0.15) is 4.31 Å². The van der Waals surface area contributed by atoms with Gasteiger partial charge in [0.05, 0.1) is 7.11 Å². The number of hydrogen-bond acceptors (Lipinski definition) is 4. The second-order valence-corrected chi connectivity index (χ2v) is 6.59. The van der Waals surface area contributed by atoms with Crippen LogP contribution >= 0.6 is 0 Å². The van der Waals surface area contributed by atoms with Gasteiger partial charge in [0.2, 0.25) is 10.0 Å². The summed E-state index contributed by atoms with van der Waals surface area (Å²) in [6.45, 7) is 2.44. The number of hydrogen-bond donors (Lipinski definition) is 1. The molecule has 0 bridgehead atoms. The molecule has 1 aliphatic heterocycles. The Bertz CT molecular complexity index is 564. The molecule has 1 N–H and O–H groups in total. The molecule has 1 atom stereocenters. The zero-order valence-electron chi connectivity index (χ0n) is 11.0. The Hall–Kier alpha value is -1.34. The van der Waals surface area contributed by atoms with Crippen molar-refractivity contribution in [2.45, 2.75) is 37.1 Å². The van der Waals surface area contributed by atoms with Crippen LogP contribution in [0.1, 0.15) is 36.7 Å². The third-order valence-electron chi connectivity index (χ3n) is 3.41. The second kappa shape index (κ2) is 5.34. The Morgan fingerprint density at radius 3 is 2.84 bits per heavy atom. The van der Waals surface area contributed by atoms with Crippen LogP contribution in [0.4, 0.5) is 0 Å². The van der Waals surface area contributed by atoms with E-state index in [4.69, 9.17) is 0 Å². The van der Waals surface area contributed by atoms with Crippen molar-refractivity contribution in [3.63, 3.8) is 0 Å². The van der Waals surface area contributed by atoms with E-state index < -0.39 is 16.0 Å². The van der Waals surface area contributed by atoms with Gasteiger partial charge in [-0.15, -0.1) is 0 Å². The number of aromatic nitrogens is 1. The van der Waals surface area contributed by atoms with E-state index in [9.17, 15) is 13.2 Å². The summed E-state index contributed by atoms with van der Waals surface area (Å²) < 4.78 is 31.0. The van der Waals surface area contributed by atoms with Gasteiger partial charge in [0, 0.05) is 18.8 Å². The lowest BCUT2D eigenvalue weighted by Crippen LogP contribution is -2.41. The van der Waals surface area contributed by atoms with E-state index in [1.54, 1.807) is 0 Å². The van der Waals surface area contributed by atoms with Gasteiger partial charge in [-0.3, -0.25) is 0 Å². The number of rotatable bonds is 3. The average molecular weight is 286 g/mol. The van der Waals surface area contributed by atoms with Crippen LogP contribution in [0.2, 0.25) is 0 Å². The summed E-state index contributed by atoms with van der Waals surface area (Å²) in [7, 11) is -2.28. The van der Waals surface area contributed by atoms with Crippen molar-refractivity contribution in [2.24, 2.45) is 0 Å². The van der Waals surface area contributed by atoms with Crippen molar-refractivity contribution >= 4 is 16.0 Å². The Morgan fingerprint density at radius 1 is 1.47 bits per heavy atom. The standard InChI is InChI=1S/C12H18N2O4S/c1-9-5-3-4-6-14(9)19(16,17)10-7-11(13-8-10)12(15)18-2/h7-9,13H,3-6H2,1-2H3. The number of esters is 1. The third-order valence-corrected chi connectivity index (χ3v) is 5.40. The molecular formula is C12H18N2O4S. The van der Waals surface area contributed by atoms with Gasteiger partial charge in [0.15, 0.2) is 0 Å². The smallest absolute Gasteiger partial charge is 0.354 e. The van der Waals surface area contributed by atoms with Gasteiger partial charge in [-0.25, -0.2) is 13.2 Å². The van der Waals surface area contributed by atoms with E-state index in [2.05, 4.69) is 9.72 Å². The number of ether oxygens (including phenoxy) is 1. The van der Waals surface area contributed by atoms with Crippen molar-refractivity contribution in [2.75, 3.05) is 13.7 Å². The number of nitrogens with one attached hydrogen (secondary N) is 1. The first kappa shape index (κ1) is 14.1. The van der Waals surface area contributed by atoms with Crippen molar-refractivity contribution in [3.8, 4) is 0 Å². The first-order chi connectivity index (χ1) is 8.96. The van der Waals surface area contributed by atoms with Crippen LogP contribution < -0.4 is 0 Å². The van der Waals surface area contributed by atoms with E-state index in [1.165, 1.54) is 23.7 Å². The van der Waals surface area contributed by atoms with Gasteiger partial charge >= 0.3 is 5.97 Å². The molecular weight excluding hydrogens is 268 g/mol. The third kappa shape index (κ3) is 2.66. The molecule has 106 valence electrons. The quantitative estimate of drug-likeness (QED) is 0.851. The van der Waals surface area contributed by atoms with E-state index in [0.717, 1.165) is 19.3 Å². The molecule has 1 aromatic rings. The molecule has 1 unspecified atom stereocenters. The molecule has 19 heavy (non-hydrogen) atoms. The lowest BCUT2D eigenvalue weighted by atomic mass is 10.1. The van der Waals surface area contributed by atoms with Crippen LogP contribution in [0.3, 0.4) is 0 Å². The van der Waals surface area contributed by atoms with Crippen LogP contribution in [0.15, 0.2) is 17.2 Å². The zero-order chi connectivity index (χ0) is 14.0. The number of sulfonamides is 1. The molecule has 2 rings (SSSR count). The van der Waals surface area contributed by atoms with Crippen molar-refractivity contribution in [3.05, 3.63) is 18.0 Å². The molecule has 0 spiro atoms. The highest BCUT2D eigenvalue weighted by Gasteiger charge is 2.32. The minimum absolute atomic E-state index is 0.00442. The maximum absolute atomic E-state index is 12.5. The predicted molar refractivity (Wildman–Crippen MR) is 69.3 cm³/mol. The summed E-state index contributed by atoms with van der Waals surface area (Å²) in [6.07, 6.45) is 4.13. The minimum atomic E-state index is -3.54. The predicted octanol–water partition coefficient (Wildman–Crippen LogP) is 1.36. The molecule has 0 aliphatic carbocycles. The van der Waals surface area contributed by atoms with Crippen LogP contribution in [0, 0.1) is 0 Å². The number of nitrogens with zero attached hydrogens (tertiary/aromatic N) is 1. The number of piperidine rings is 1. The molecule has 2 heterocycles. The second-order valence-electron chi connectivity index (χ2n) is 4.70. The van der Waals surface area contributed by atoms with Crippen molar-refractivity contribution in [1.29, 1.82) is 0 Å². The fraction of sp³-hybridized carbons (Fsp3) is 0.583. The summed E-state index contributed by atoms with van der Waals surface area (Å²) in [6, 6.07) is 1.32. The zero-order valence-corrected chi connectivity index (χ0v) is 11.9. The van der Waals surface area contributed by atoms with Crippen LogP contribution in [0.5, 0.6) is 0 Å². The lowest BCUT2D eigenvalue weighted by Gasteiger charge is -2.31. The van der Waals surface area contributed by atoms with Crippen LogP contribution in [-0.4, -0.2) is 43.4 Å². The molecule has 0 saturated carbocycles. The lowest BCUT2D eigenvalue weighted by molar-refractivity contribution is 0.0595. The number of carbonyl (C=O) groups excluding carboxylic acids is 1. The molecule has 1 saturated heterocycles. The maximum atomic E-state index is 12.5. The molecule has 1 aromatic heterocycles. The first-order valence-corrected chi connectivity index (χ1v) is 7.69. The number of methoxy groups -OCH3 is 1. The monoisotopic (exact) mass is 286 g/mol. The molecule has 0 radical (unpaired) electrons. The van der Waals surface area contributed by atoms with Crippen LogP contribution in [-0.2, 0) is 14.8 Å². The number of H-pyrrole nitrogens is 1. The molecule has 0 aromatic carbocycles. The van der Waals surface area contributed by atoms with Gasteiger partial charge < -0.3 is 9.72 Å². The van der Waals surface area contributed by atoms with Gasteiger partial charge in [0.1, 0.15) is 10.6 Å². The fourth-order valence-corrected chi connectivity index (χ4v) is 4.01. The number of aromatic amines is 1. The molecule has 6 nitrogen and oxygen atoms in total. The maximum Gasteiger partial charge on any atom is 0.354 e. The Balaban J connectivity index is 2.28. The Morgan fingerprint density at radius 2 is 2.21 bits per heavy atom. The molecule has 1 fully saturated rings. The van der Waals surface area contributed by atoms with E-state index in [1.807, 2.05) is 6.92 Å². The topological polar surface area (TPSA) is 79.5 Å². The first-order valence-electron chi connectivity index (χ1n) is 6.25.